The fourth-order valence-corrected chi connectivity index (χ4v) is 5.38. The van der Waals surface area contributed by atoms with Gasteiger partial charge >= 0.3 is 0 Å². The van der Waals surface area contributed by atoms with E-state index in [0.29, 0.717) is 32.2 Å². The number of carbonyl (C=O) groups excluding carboxylic acids is 1. The van der Waals surface area contributed by atoms with Crippen molar-refractivity contribution in [3.63, 3.8) is 0 Å². The fraction of sp³-hybridized carbons (Fsp3) is 0.125. The minimum atomic E-state index is -3.65. The number of nitrogens with zero attached hydrogens (tertiary/aromatic N) is 1. The summed E-state index contributed by atoms with van der Waals surface area (Å²) in [5.41, 5.74) is 2.80. The molecule has 0 bridgehead atoms. The highest BCUT2D eigenvalue weighted by Crippen LogP contribution is 2.28. The highest BCUT2D eigenvalue weighted by molar-refractivity contribution is 7.90. The van der Waals surface area contributed by atoms with Gasteiger partial charge in [0.15, 0.2) is 9.84 Å². The van der Waals surface area contributed by atoms with Crippen molar-refractivity contribution in [2.24, 2.45) is 0 Å². The van der Waals surface area contributed by atoms with Crippen molar-refractivity contribution in [3.8, 4) is 0 Å². The monoisotopic (exact) mass is 486 g/mol. The van der Waals surface area contributed by atoms with Crippen molar-refractivity contribution in [3.05, 3.63) is 94.1 Å². The van der Waals surface area contributed by atoms with Crippen LogP contribution in [0.2, 0.25) is 10.0 Å². The molecule has 5 nitrogen and oxygen atoms in total. The number of carbonyl (C=O) groups is 1. The Morgan fingerprint density at radius 3 is 2.44 bits per heavy atom. The van der Waals surface area contributed by atoms with Crippen LogP contribution in [-0.2, 0) is 26.9 Å². The first-order valence-corrected chi connectivity index (χ1v) is 12.2. The maximum Gasteiger partial charge on any atom is 0.244 e. The number of benzene rings is 3. The number of fused-ring (bicyclic) bond motifs is 1. The molecule has 0 fully saturated rings. The second kappa shape index (κ2) is 8.98. The zero-order chi connectivity index (χ0) is 22.9. The zero-order valence-electron chi connectivity index (χ0n) is 17.2. The van der Waals surface area contributed by atoms with E-state index in [0.717, 1.165) is 5.56 Å². The number of para-hydroxylation sites is 1. The van der Waals surface area contributed by atoms with Gasteiger partial charge in [0, 0.05) is 32.8 Å². The summed E-state index contributed by atoms with van der Waals surface area (Å²) in [7, 11) is -3.65. The van der Waals surface area contributed by atoms with Crippen LogP contribution in [0.3, 0.4) is 0 Å². The maximum absolute atomic E-state index is 13.2. The van der Waals surface area contributed by atoms with E-state index in [2.05, 4.69) is 5.32 Å². The average Bonchev–Trinajstić information content (AvgIpc) is 3.12. The molecule has 4 rings (SSSR count). The molecule has 1 aromatic heterocycles. The lowest BCUT2D eigenvalue weighted by Gasteiger charge is -2.08. The Morgan fingerprint density at radius 1 is 1.00 bits per heavy atom. The number of amides is 1. The lowest BCUT2D eigenvalue weighted by atomic mass is 10.2. The van der Waals surface area contributed by atoms with E-state index in [1.807, 2.05) is 19.1 Å². The van der Waals surface area contributed by atoms with Crippen molar-refractivity contribution < 1.29 is 13.2 Å². The van der Waals surface area contributed by atoms with Gasteiger partial charge in [-0.3, -0.25) is 4.79 Å². The van der Waals surface area contributed by atoms with Gasteiger partial charge in [-0.05, 0) is 48.4 Å². The number of sulfone groups is 1. The molecular formula is C24H20Cl2N2O3S. The molecule has 8 heteroatoms. The lowest BCUT2D eigenvalue weighted by Crippen LogP contribution is -2.18. The van der Waals surface area contributed by atoms with Crippen molar-refractivity contribution in [2.75, 3.05) is 5.32 Å². The second-order valence-corrected chi connectivity index (χ2v) is 10.3. The molecule has 3 aromatic carbocycles. The molecule has 0 radical (unpaired) electrons. The summed E-state index contributed by atoms with van der Waals surface area (Å²) in [4.78, 5) is 12.9. The van der Waals surface area contributed by atoms with Crippen LogP contribution in [0.25, 0.3) is 10.9 Å². The molecule has 32 heavy (non-hydrogen) atoms. The van der Waals surface area contributed by atoms with Crippen LogP contribution in [0.1, 0.15) is 11.1 Å². The molecule has 0 aliphatic heterocycles. The lowest BCUT2D eigenvalue weighted by molar-refractivity contribution is -0.116. The topological polar surface area (TPSA) is 68.2 Å². The average molecular weight is 487 g/mol. The van der Waals surface area contributed by atoms with Crippen LogP contribution in [0.15, 0.2) is 77.8 Å². The molecule has 0 saturated heterocycles. The third kappa shape index (κ3) is 4.83. The van der Waals surface area contributed by atoms with E-state index in [9.17, 15) is 13.2 Å². The summed E-state index contributed by atoms with van der Waals surface area (Å²) in [6.45, 7) is 1.84. The molecule has 0 unspecified atom stereocenters. The number of aromatic nitrogens is 1. The van der Waals surface area contributed by atoms with Gasteiger partial charge < -0.3 is 9.88 Å². The van der Waals surface area contributed by atoms with Gasteiger partial charge in [-0.25, -0.2) is 8.42 Å². The first kappa shape index (κ1) is 22.4. The van der Waals surface area contributed by atoms with Crippen molar-refractivity contribution in [1.82, 2.24) is 4.57 Å². The van der Waals surface area contributed by atoms with Crippen molar-refractivity contribution in [2.45, 2.75) is 24.1 Å². The van der Waals surface area contributed by atoms with Gasteiger partial charge in [-0.2, -0.15) is 0 Å². The van der Waals surface area contributed by atoms with Gasteiger partial charge in [0.2, 0.25) is 5.91 Å². The predicted molar refractivity (Wildman–Crippen MR) is 129 cm³/mol. The molecule has 0 saturated carbocycles. The van der Waals surface area contributed by atoms with E-state index in [1.165, 1.54) is 6.20 Å². The van der Waals surface area contributed by atoms with Crippen LogP contribution in [0, 0.1) is 6.92 Å². The van der Waals surface area contributed by atoms with Crippen molar-refractivity contribution in [1.29, 1.82) is 0 Å². The van der Waals surface area contributed by atoms with Gasteiger partial charge in [0.25, 0.3) is 0 Å². The predicted octanol–water partition coefficient (Wildman–Crippen LogP) is 5.87. The maximum atomic E-state index is 13.2. The fourth-order valence-electron chi connectivity index (χ4n) is 3.50. The SMILES string of the molecule is Cc1ccc(NC(=O)Cn2cc(S(=O)(=O)Cc3ccc(Cl)cc3)c3ccccc32)cc1Cl. The number of anilines is 1. The standard InChI is InChI=1S/C24H20Cl2N2O3S/c1-16-6-11-19(12-21(16)26)27-24(29)14-28-13-23(20-4-2-3-5-22(20)28)32(30,31)15-17-7-9-18(25)10-8-17/h2-13H,14-15H2,1H3,(H,27,29). The minimum Gasteiger partial charge on any atom is -0.337 e. The van der Waals surface area contributed by atoms with Crippen LogP contribution in [0.5, 0.6) is 0 Å². The zero-order valence-corrected chi connectivity index (χ0v) is 19.5. The highest BCUT2D eigenvalue weighted by atomic mass is 35.5. The number of hydrogen-bond acceptors (Lipinski definition) is 3. The van der Waals surface area contributed by atoms with Crippen LogP contribution in [-0.4, -0.2) is 18.9 Å². The van der Waals surface area contributed by atoms with Gasteiger partial charge in [-0.15, -0.1) is 0 Å². The number of aryl methyl sites for hydroxylation is 1. The quantitative estimate of drug-likeness (QED) is 0.370. The van der Waals surface area contributed by atoms with Crippen LogP contribution in [0.4, 0.5) is 5.69 Å². The van der Waals surface area contributed by atoms with Gasteiger partial charge in [-0.1, -0.05) is 59.6 Å². The summed E-state index contributed by atoms with van der Waals surface area (Å²) in [5, 5.41) is 4.49. The molecular weight excluding hydrogens is 467 g/mol. The van der Waals surface area contributed by atoms with E-state index < -0.39 is 9.84 Å². The summed E-state index contributed by atoms with van der Waals surface area (Å²) in [5.74, 6) is -0.445. The number of nitrogens with one attached hydrogen (secondary N) is 1. The Hall–Kier alpha value is -2.80. The largest absolute Gasteiger partial charge is 0.337 e. The Balaban J connectivity index is 1.62. The Bertz CT molecular complexity index is 1410. The van der Waals surface area contributed by atoms with Gasteiger partial charge in [0.1, 0.15) is 6.54 Å². The molecule has 0 aliphatic rings. The Labute approximate surface area is 196 Å². The normalized spacial score (nSPS) is 11.6. The molecule has 0 spiro atoms. The third-order valence-corrected chi connectivity index (χ3v) is 7.49. The summed E-state index contributed by atoms with van der Waals surface area (Å²) in [6.07, 6.45) is 1.53. The highest BCUT2D eigenvalue weighted by Gasteiger charge is 2.22. The van der Waals surface area contributed by atoms with E-state index in [4.69, 9.17) is 23.2 Å². The molecule has 1 amide bonds. The first-order valence-electron chi connectivity index (χ1n) is 9.84. The first-order chi connectivity index (χ1) is 15.2. The molecule has 1 heterocycles. The van der Waals surface area contributed by atoms with Crippen LogP contribution >= 0.6 is 23.2 Å². The minimum absolute atomic E-state index is 0.0392. The molecule has 4 aromatic rings. The van der Waals surface area contributed by atoms with Gasteiger partial charge in [0.05, 0.1) is 10.6 Å². The number of halogens is 2. The van der Waals surface area contributed by atoms with Crippen molar-refractivity contribution >= 4 is 55.5 Å². The number of hydrogen-bond donors (Lipinski definition) is 1. The third-order valence-electron chi connectivity index (χ3n) is 5.13. The molecule has 164 valence electrons. The summed E-state index contributed by atoms with van der Waals surface area (Å²) >= 11 is 12.0. The van der Waals surface area contributed by atoms with E-state index in [-0.39, 0.29) is 23.1 Å². The van der Waals surface area contributed by atoms with E-state index >= 15 is 0 Å². The number of rotatable bonds is 6. The molecule has 0 aliphatic carbocycles. The summed E-state index contributed by atoms with van der Waals surface area (Å²) in [6, 6.07) is 19.1. The summed E-state index contributed by atoms with van der Waals surface area (Å²) < 4.78 is 28.0. The molecule has 0 atom stereocenters. The molecule has 1 N–H and O–H groups in total. The smallest absolute Gasteiger partial charge is 0.244 e. The Kier molecular flexibility index (Phi) is 6.29. The van der Waals surface area contributed by atoms with Crippen LogP contribution < -0.4 is 5.32 Å². The Morgan fingerprint density at radius 2 is 1.72 bits per heavy atom. The van der Waals surface area contributed by atoms with E-state index in [1.54, 1.807) is 59.2 Å². The second-order valence-electron chi connectivity index (χ2n) is 7.54.